The van der Waals surface area contributed by atoms with Crippen LogP contribution in [0.25, 0.3) is 0 Å². The normalized spacial score (nSPS) is 14.0. The number of carbonyl (C=O) groups is 1. The van der Waals surface area contributed by atoms with Crippen LogP contribution in [0.3, 0.4) is 0 Å². The Kier molecular flexibility index (Phi) is 6.08. The van der Waals surface area contributed by atoms with Crippen molar-refractivity contribution in [2.75, 3.05) is 4.31 Å². The van der Waals surface area contributed by atoms with Gasteiger partial charge in [0.1, 0.15) is 17.5 Å². The molecular formula is C22H18NO5S2-. The van der Waals surface area contributed by atoms with Crippen molar-refractivity contribution in [1.29, 1.82) is 0 Å². The van der Waals surface area contributed by atoms with Gasteiger partial charge in [0.25, 0.3) is 0 Å². The van der Waals surface area contributed by atoms with E-state index in [0.717, 1.165) is 25.4 Å². The molecule has 1 aliphatic rings. The quantitative estimate of drug-likeness (QED) is 0.422. The molecule has 2 unspecified atom stereocenters. The third kappa shape index (κ3) is 4.35. The first-order chi connectivity index (χ1) is 14.5. The molecule has 2 atom stereocenters. The van der Waals surface area contributed by atoms with Crippen molar-refractivity contribution in [3.63, 3.8) is 0 Å². The Hall–Kier alpha value is -2.81. The lowest BCUT2D eigenvalue weighted by Crippen LogP contribution is -2.42. The number of rotatable bonds is 7. The Morgan fingerprint density at radius 2 is 1.73 bits per heavy atom. The minimum Gasteiger partial charge on any atom is -0.755 e. The number of aliphatic carboxylic acids is 1. The minimum atomic E-state index is -2.76. The molecule has 0 spiro atoms. The standard InChI is InChI=1S/C22H19NO5S2/c24-22(25)17(12-10-15-6-2-1-3-7-15)23(30(26)27)16-11-13-19-21(14-16)29-20-9-5-4-8-18(20)28-19/h1-9,11,13-14,17H,10,12H2,(H,24,25)(H,26,27)/p-1. The van der Waals surface area contributed by atoms with Crippen LogP contribution in [0.4, 0.5) is 5.69 Å². The van der Waals surface area contributed by atoms with Crippen LogP contribution in [0.5, 0.6) is 11.5 Å². The minimum absolute atomic E-state index is 0.150. The van der Waals surface area contributed by atoms with Gasteiger partial charge in [-0.1, -0.05) is 54.2 Å². The molecule has 0 aliphatic carbocycles. The van der Waals surface area contributed by atoms with Gasteiger partial charge in [-0.25, -0.2) is 4.79 Å². The van der Waals surface area contributed by atoms with E-state index in [1.807, 2.05) is 54.6 Å². The summed E-state index contributed by atoms with van der Waals surface area (Å²) in [6.45, 7) is 0. The Morgan fingerprint density at radius 1 is 1.03 bits per heavy atom. The van der Waals surface area contributed by atoms with Gasteiger partial charge in [-0.2, -0.15) is 0 Å². The number of carboxylic acid groups (broad SMARTS) is 1. The Labute approximate surface area is 180 Å². The number of carboxylic acids is 1. The molecule has 30 heavy (non-hydrogen) atoms. The summed E-state index contributed by atoms with van der Waals surface area (Å²) in [5, 5.41) is 9.76. The maximum absolute atomic E-state index is 12.0. The third-order valence-electron chi connectivity index (χ3n) is 4.75. The van der Waals surface area contributed by atoms with Crippen molar-refractivity contribution in [2.24, 2.45) is 0 Å². The maximum atomic E-state index is 12.0. The van der Waals surface area contributed by atoms with E-state index in [9.17, 15) is 18.7 Å². The number of hydrogen-bond acceptors (Lipinski definition) is 5. The average Bonchev–Trinajstić information content (AvgIpc) is 2.75. The highest BCUT2D eigenvalue weighted by Crippen LogP contribution is 2.48. The fourth-order valence-electron chi connectivity index (χ4n) is 3.31. The summed E-state index contributed by atoms with van der Waals surface area (Å²) in [5.41, 5.74) is 1.24. The molecule has 154 valence electrons. The summed E-state index contributed by atoms with van der Waals surface area (Å²) in [5.74, 6) is 0.149. The Morgan fingerprint density at radius 3 is 2.47 bits per heavy atom. The topological polar surface area (TPSA) is 89.9 Å². The highest BCUT2D eigenvalue weighted by Gasteiger charge is 2.28. The SMILES string of the molecule is O=C(O)C(CCc1ccccc1)N(c1ccc2c(c1)Sc1ccccc1O2)S(=O)[O-]. The highest BCUT2D eigenvalue weighted by atomic mass is 32.2. The number of anilines is 1. The third-order valence-corrected chi connectivity index (χ3v) is 6.63. The van der Waals surface area contributed by atoms with Gasteiger partial charge >= 0.3 is 5.97 Å². The van der Waals surface area contributed by atoms with E-state index < -0.39 is 23.3 Å². The van der Waals surface area contributed by atoms with Gasteiger partial charge in [-0.3, -0.25) is 8.51 Å². The number of para-hydroxylation sites is 1. The molecule has 8 heteroatoms. The zero-order valence-corrected chi connectivity index (χ0v) is 17.4. The molecule has 0 fully saturated rings. The summed E-state index contributed by atoms with van der Waals surface area (Å²) >= 11 is -1.30. The molecule has 0 saturated carbocycles. The summed E-state index contributed by atoms with van der Waals surface area (Å²) in [6.07, 6.45) is 0.596. The van der Waals surface area contributed by atoms with Crippen LogP contribution >= 0.6 is 11.8 Å². The molecule has 0 aromatic heterocycles. The molecule has 0 saturated heterocycles. The predicted octanol–water partition coefficient (Wildman–Crippen LogP) is 4.63. The van der Waals surface area contributed by atoms with E-state index in [1.54, 1.807) is 18.2 Å². The molecule has 3 aromatic rings. The summed E-state index contributed by atoms with van der Waals surface area (Å²) in [7, 11) is 0. The number of benzene rings is 3. The number of nitrogens with zero attached hydrogens (tertiary/aromatic N) is 1. The molecule has 0 radical (unpaired) electrons. The molecule has 3 aromatic carbocycles. The van der Waals surface area contributed by atoms with Gasteiger partial charge in [-0.05, 0) is 48.7 Å². The van der Waals surface area contributed by atoms with Crippen LogP contribution in [-0.2, 0) is 22.5 Å². The molecule has 0 amide bonds. The molecule has 1 heterocycles. The smallest absolute Gasteiger partial charge is 0.327 e. The van der Waals surface area contributed by atoms with Gasteiger partial charge in [0, 0.05) is 11.3 Å². The lowest BCUT2D eigenvalue weighted by Gasteiger charge is -2.33. The first-order valence-electron chi connectivity index (χ1n) is 9.27. The predicted molar refractivity (Wildman–Crippen MR) is 115 cm³/mol. The van der Waals surface area contributed by atoms with Gasteiger partial charge in [0.2, 0.25) is 0 Å². The van der Waals surface area contributed by atoms with Crippen molar-refractivity contribution >= 4 is 34.7 Å². The van der Waals surface area contributed by atoms with Crippen molar-refractivity contribution in [3.8, 4) is 11.5 Å². The lowest BCUT2D eigenvalue weighted by atomic mass is 10.0. The van der Waals surface area contributed by atoms with E-state index >= 15 is 0 Å². The van der Waals surface area contributed by atoms with Crippen molar-refractivity contribution < 1.29 is 23.4 Å². The van der Waals surface area contributed by atoms with Crippen LogP contribution in [0.1, 0.15) is 12.0 Å². The summed E-state index contributed by atoms with van der Waals surface area (Å²) < 4.78 is 30.9. The van der Waals surface area contributed by atoms with E-state index in [-0.39, 0.29) is 12.1 Å². The number of hydrogen-bond donors (Lipinski definition) is 1. The molecule has 0 bridgehead atoms. The van der Waals surface area contributed by atoms with Crippen LogP contribution in [0.2, 0.25) is 0 Å². The van der Waals surface area contributed by atoms with Crippen molar-refractivity contribution in [2.45, 2.75) is 28.7 Å². The Bertz CT molecular complexity index is 1090. The second-order valence-corrected chi connectivity index (χ2v) is 8.61. The number of ether oxygens (including phenoxy) is 1. The van der Waals surface area contributed by atoms with E-state index in [0.29, 0.717) is 12.2 Å². The lowest BCUT2D eigenvalue weighted by molar-refractivity contribution is -0.138. The number of aryl methyl sites for hydroxylation is 1. The maximum Gasteiger partial charge on any atom is 0.327 e. The van der Waals surface area contributed by atoms with Crippen LogP contribution < -0.4 is 9.04 Å². The zero-order chi connectivity index (χ0) is 21.1. The van der Waals surface area contributed by atoms with Crippen LogP contribution in [-0.4, -0.2) is 25.9 Å². The fourth-order valence-corrected chi connectivity index (χ4v) is 4.99. The zero-order valence-electron chi connectivity index (χ0n) is 15.8. The largest absolute Gasteiger partial charge is 0.755 e. The average molecular weight is 441 g/mol. The second kappa shape index (κ2) is 8.91. The van der Waals surface area contributed by atoms with Gasteiger partial charge in [0.15, 0.2) is 0 Å². The van der Waals surface area contributed by atoms with Crippen molar-refractivity contribution in [3.05, 3.63) is 78.4 Å². The fraction of sp³-hybridized carbons (Fsp3) is 0.136. The molecule has 6 nitrogen and oxygen atoms in total. The highest BCUT2D eigenvalue weighted by molar-refractivity contribution is 7.99. The molecule has 4 rings (SSSR count). The van der Waals surface area contributed by atoms with Gasteiger partial charge in [-0.15, -0.1) is 0 Å². The molecular weight excluding hydrogens is 422 g/mol. The van der Waals surface area contributed by atoms with Crippen LogP contribution in [0.15, 0.2) is 82.6 Å². The van der Waals surface area contributed by atoms with E-state index in [2.05, 4.69) is 0 Å². The monoisotopic (exact) mass is 440 g/mol. The van der Waals surface area contributed by atoms with E-state index in [4.69, 9.17) is 4.74 Å². The number of fused-ring (bicyclic) bond motifs is 2. The second-order valence-electron chi connectivity index (χ2n) is 6.70. The summed E-state index contributed by atoms with van der Waals surface area (Å²) in [6, 6.07) is 20.6. The summed E-state index contributed by atoms with van der Waals surface area (Å²) in [4.78, 5) is 13.6. The molecule has 1 aliphatic heterocycles. The first kappa shape index (κ1) is 20.5. The first-order valence-corrected chi connectivity index (χ1v) is 11.1. The van der Waals surface area contributed by atoms with Gasteiger partial charge in [0.05, 0.1) is 15.5 Å². The van der Waals surface area contributed by atoms with Crippen molar-refractivity contribution in [1.82, 2.24) is 0 Å². The van der Waals surface area contributed by atoms with Gasteiger partial charge < -0.3 is 14.4 Å². The molecule has 1 N–H and O–H groups in total. The van der Waals surface area contributed by atoms with Crippen LogP contribution in [0, 0.1) is 0 Å². The van der Waals surface area contributed by atoms with E-state index in [1.165, 1.54) is 11.8 Å². The Balaban J connectivity index is 1.62.